The number of fused-ring (bicyclic) bond motifs is 1. The van der Waals surface area contributed by atoms with Crippen LogP contribution >= 0.6 is 0 Å². The summed E-state index contributed by atoms with van der Waals surface area (Å²) in [6, 6.07) is 5.31. The van der Waals surface area contributed by atoms with E-state index in [2.05, 4.69) is 10.0 Å². The van der Waals surface area contributed by atoms with Gasteiger partial charge in [-0.3, -0.25) is 4.79 Å². The minimum Gasteiger partial charge on any atom is -0.488 e. The maximum Gasteiger partial charge on any atom is 0.276 e. The van der Waals surface area contributed by atoms with E-state index in [-0.39, 0.29) is 22.4 Å². The van der Waals surface area contributed by atoms with Crippen molar-refractivity contribution in [3.8, 4) is 11.8 Å². The fraction of sp³-hybridized carbons (Fsp3) is 0.263. The highest BCUT2D eigenvalue weighted by molar-refractivity contribution is 7.89. The fourth-order valence-corrected chi connectivity index (χ4v) is 4.49. The van der Waals surface area contributed by atoms with Crippen LogP contribution in [0.5, 0.6) is 5.75 Å². The zero-order chi connectivity index (χ0) is 22.9. The lowest BCUT2D eigenvalue weighted by atomic mass is 10.1. The highest BCUT2D eigenvalue weighted by Gasteiger charge is 2.36. The van der Waals surface area contributed by atoms with E-state index in [1.807, 2.05) is 6.07 Å². The zero-order valence-corrected chi connectivity index (χ0v) is 17.2. The quantitative estimate of drug-likeness (QED) is 0.646. The van der Waals surface area contributed by atoms with Crippen LogP contribution in [0.2, 0.25) is 0 Å². The molecule has 0 fully saturated rings. The second-order valence-electron chi connectivity index (χ2n) is 6.86. The number of sulfonamides is 1. The number of nitrogens with zero attached hydrogens (tertiary/aromatic N) is 2. The molecule has 12 heteroatoms. The number of nitrogens with one attached hydrogen (secondary N) is 2. The van der Waals surface area contributed by atoms with Crippen molar-refractivity contribution in [2.75, 3.05) is 11.9 Å². The summed E-state index contributed by atoms with van der Waals surface area (Å²) in [7, 11) is -2.85. The summed E-state index contributed by atoms with van der Waals surface area (Å²) in [6.07, 6.45) is -2.68. The predicted octanol–water partition coefficient (Wildman–Crippen LogP) is 1.64. The summed E-state index contributed by atoms with van der Waals surface area (Å²) >= 11 is 0. The summed E-state index contributed by atoms with van der Waals surface area (Å²) in [5.74, 6) is -0.986. The van der Waals surface area contributed by atoms with Crippen molar-refractivity contribution >= 4 is 21.6 Å². The summed E-state index contributed by atoms with van der Waals surface area (Å²) in [5, 5.41) is 21.6. The van der Waals surface area contributed by atoms with Crippen molar-refractivity contribution in [2.45, 2.75) is 24.0 Å². The second kappa shape index (κ2) is 8.46. The number of aromatic nitrogens is 1. The van der Waals surface area contributed by atoms with E-state index in [1.165, 1.54) is 17.7 Å². The number of hydrogen-bond acceptors (Lipinski definition) is 6. The van der Waals surface area contributed by atoms with E-state index < -0.39 is 40.8 Å². The van der Waals surface area contributed by atoms with Gasteiger partial charge in [0.1, 0.15) is 11.5 Å². The average molecular weight is 452 g/mol. The third-order valence-corrected chi connectivity index (χ3v) is 6.13. The molecule has 1 amide bonds. The molecule has 0 saturated heterocycles. The van der Waals surface area contributed by atoms with E-state index in [0.717, 1.165) is 11.8 Å². The van der Waals surface area contributed by atoms with E-state index in [4.69, 9.17) is 10.00 Å². The van der Waals surface area contributed by atoms with Crippen molar-refractivity contribution < 1.29 is 31.8 Å². The number of nitriles is 1. The molecular weight excluding hydrogens is 434 g/mol. The molecule has 2 heterocycles. The maximum absolute atomic E-state index is 12.9. The summed E-state index contributed by atoms with van der Waals surface area (Å²) < 4.78 is 59.1. The Morgan fingerprint density at radius 3 is 2.84 bits per heavy atom. The Kier molecular flexibility index (Phi) is 6.12. The molecule has 2 atom stereocenters. The Morgan fingerprint density at radius 1 is 1.48 bits per heavy atom. The lowest BCUT2D eigenvalue weighted by molar-refractivity contribution is 0.101. The van der Waals surface area contributed by atoms with Crippen molar-refractivity contribution in [3.63, 3.8) is 0 Å². The molecule has 1 aromatic carbocycles. The van der Waals surface area contributed by atoms with Gasteiger partial charge in [0.25, 0.3) is 12.0 Å². The number of aryl methyl sites for hydroxylation is 2. The molecule has 0 radical (unpaired) electrons. The van der Waals surface area contributed by atoms with E-state index >= 15 is 0 Å². The molecule has 9 nitrogen and oxygen atoms in total. The topological polar surface area (TPSA) is 133 Å². The lowest BCUT2D eigenvalue weighted by Gasteiger charge is -2.18. The molecule has 31 heavy (non-hydrogen) atoms. The summed E-state index contributed by atoms with van der Waals surface area (Å²) in [4.78, 5) is 12.5. The van der Waals surface area contributed by atoms with Gasteiger partial charge >= 0.3 is 0 Å². The minimum absolute atomic E-state index is 0.137. The molecule has 0 saturated carbocycles. The number of anilines is 1. The Balaban J connectivity index is 1.95. The second-order valence-corrected chi connectivity index (χ2v) is 8.55. The molecule has 0 spiro atoms. The number of amides is 1. The van der Waals surface area contributed by atoms with Gasteiger partial charge in [-0.1, -0.05) is 6.07 Å². The first-order valence-corrected chi connectivity index (χ1v) is 10.4. The largest absolute Gasteiger partial charge is 0.488 e. The van der Waals surface area contributed by atoms with Gasteiger partial charge in [-0.05, 0) is 24.6 Å². The molecule has 1 unspecified atom stereocenters. The molecule has 1 aliphatic heterocycles. The Hall–Kier alpha value is -3.27. The molecule has 164 valence electrons. The van der Waals surface area contributed by atoms with Crippen LogP contribution in [-0.2, 0) is 17.1 Å². The number of carbonyl (C=O) groups excluding carboxylic acids is 1. The first-order chi connectivity index (χ1) is 14.5. The van der Waals surface area contributed by atoms with Gasteiger partial charge in [0.05, 0.1) is 23.8 Å². The van der Waals surface area contributed by atoms with Crippen LogP contribution in [0.3, 0.4) is 0 Å². The first-order valence-electron chi connectivity index (χ1n) is 8.91. The first kappa shape index (κ1) is 22.4. The van der Waals surface area contributed by atoms with Crippen molar-refractivity contribution in [1.29, 1.82) is 5.26 Å². The normalized spacial score (nSPS) is 18.0. The number of rotatable bonds is 4. The number of halogens is 2. The van der Waals surface area contributed by atoms with E-state index in [0.29, 0.717) is 11.3 Å². The van der Waals surface area contributed by atoms with Crippen LogP contribution in [0.4, 0.5) is 14.5 Å². The SMILES string of the molecule is Cc1ccc(NC(=O)c2c3c(cn2C)S(=O)(=O)N[C@H](C(O)C=C(F)F)CO3)cc1C#N. The highest BCUT2D eigenvalue weighted by Crippen LogP contribution is 2.33. The van der Waals surface area contributed by atoms with Gasteiger partial charge < -0.3 is 19.7 Å². The highest BCUT2D eigenvalue weighted by atomic mass is 32.2. The van der Waals surface area contributed by atoms with Crippen LogP contribution < -0.4 is 14.8 Å². The number of ether oxygens (including phenoxy) is 1. The zero-order valence-electron chi connectivity index (χ0n) is 16.4. The van der Waals surface area contributed by atoms with Crippen LogP contribution in [0.15, 0.2) is 41.4 Å². The molecule has 0 bridgehead atoms. The Morgan fingerprint density at radius 2 is 2.19 bits per heavy atom. The smallest absolute Gasteiger partial charge is 0.276 e. The van der Waals surface area contributed by atoms with Gasteiger partial charge in [0.15, 0.2) is 11.4 Å². The van der Waals surface area contributed by atoms with Crippen molar-refractivity contribution in [2.24, 2.45) is 7.05 Å². The molecule has 1 aromatic heterocycles. The van der Waals surface area contributed by atoms with E-state index in [1.54, 1.807) is 19.1 Å². The number of aliphatic hydroxyl groups is 1. The van der Waals surface area contributed by atoms with E-state index in [9.17, 15) is 27.1 Å². The summed E-state index contributed by atoms with van der Waals surface area (Å²) in [5.41, 5.74) is 1.25. The van der Waals surface area contributed by atoms with Crippen LogP contribution in [0.25, 0.3) is 0 Å². The molecule has 3 N–H and O–H groups in total. The molecular formula is C19H18F2N4O5S. The molecule has 1 aliphatic rings. The number of hydrogen-bond donors (Lipinski definition) is 3. The minimum atomic E-state index is -4.29. The monoisotopic (exact) mass is 452 g/mol. The number of carbonyl (C=O) groups is 1. The van der Waals surface area contributed by atoms with Crippen LogP contribution in [-0.4, -0.2) is 42.8 Å². The van der Waals surface area contributed by atoms with Crippen molar-refractivity contribution in [1.82, 2.24) is 9.29 Å². The fourth-order valence-electron chi connectivity index (χ4n) is 3.06. The van der Waals surface area contributed by atoms with Gasteiger partial charge in [0.2, 0.25) is 10.0 Å². The van der Waals surface area contributed by atoms with Gasteiger partial charge in [-0.2, -0.15) is 14.0 Å². The molecule has 3 rings (SSSR count). The standard InChI is InChI=1S/C19H18F2N4O5S/c1-10-3-4-12(5-11(10)7-22)23-19(27)17-18-15(8-25(17)2)31(28,29)24-13(9-30-18)14(26)6-16(20)21/h3-6,8,13-14,24,26H,9H2,1-2H3,(H,23,27)/t13-,14?/m0/s1. The lowest BCUT2D eigenvalue weighted by Crippen LogP contribution is -2.44. The third-order valence-electron chi connectivity index (χ3n) is 4.65. The summed E-state index contributed by atoms with van der Waals surface area (Å²) in [6.45, 7) is 1.24. The van der Waals surface area contributed by atoms with Gasteiger partial charge in [0, 0.05) is 25.0 Å². The van der Waals surface area contributed by atoms with Crippen molar-refractivity contribution in [3.05, 3.63) is 53.4 Å². The number of benzene rings is 1. The number of aliphatic hydroxyl groups excluding tert-OH is 1. The molecule has 2 aromatic rings. The van der Waals surface area contributed by atoms with Crippen LogP contribution in [0.1, 0.15) is 21.6 Å². The third kappa shape index (κ3) is 4.58. The Bertz CT molecular complexity index is 1210. The van der Waals surface area contributed by atoms with Gasteiger partial charge in [-0.15, -0.1) is 0 Å². The predicted molar refractivity (Wildman–Crippen MR) is 105 cm³/mol. The van der Waals surface area contributed by atoms with Crippen LogP contribution in [0, 0.1) is 18.3 Å². The average Bonchev–Trinajstić information content (AvgIpc) is 2.96. The molecule has 0 aliphatic carbocycles. The maximum atomic E-state index is 12.9. The van der Waals surface area contributed by atoms with Gasteiger partial charge in [-0.25, -0.2) is 13.1 Å². The Labute approximate surface area is 176 Å².